The maximum absolute atomic E-state index is 13.2. The van der Waals surface area contributed by atoms with Crippen LogP contribution in [-0.2, 0) is 10.4 Å². The van der Waals surface area contributed by atoms with E-state index in [0.717, 1.165) is 44.3 Å². The Kier molecular flexibility index (Phi) is 5.30. The summed E-state index contributed by atoms with van der Waals surface area (Å²) in [5, 5.41) is 14.6. The number of carbonyl (C=O) groups is 2. The molecule has 2 amide bonds. The first-order valence-electron chi connectivity index (χ1n) is 11.5. The molecular formula is C26H30N2O3. The molecule has 2 aromatic carbocycles. The van der Waals surface area contributed by atoms with Crippen LogP contribution >= 0.6 is 0 Å². The van der Waals surface area contributed by atoms with E-state index in [-0.39, 0.29) is 17.7 Å². The number of likely N-dealkylation sites (tertiary alicyclic amines) is 1. The molecule has 3 fully saturated rings. The maximum Gasteiger partial charge on any atom is 0.256 e. The normalized spacial score (nSPS) is 26.9. The lowest BCUT2D eigenvalue weighted by atomic mass is 9.79. The van der Waals surface area contributed by atoms with Crippen LogP contribution in [0.1, 0.15) is 41.6 Å². The second-order valence-corrected chi connectivity index (χ2v) is 9.39. The number of hydrogen-bond acceptors (Lipinski definition) is 3. The Morgan fingerprint density at radius 1 is 0.935 bits per heavy atom. The number of benzene rings is 2. The molecule has 2 aliphatic carbocycles. The molecule has 0 aromatic heterocycles. The van der Waals surface area contributed by atoms with E-state index in [1.165, 1.54) is 0 Å². The number of rotatable bonds is 6. The van der Waals surface area contributed by atoms with Crippen molar-refractivity contribution in [1.82, 2.24) is 10.2 Å². The monoisotopic (exact) mass is 418 g/mol. The summed E-state index contributed by atoms with van der Waals surface area (Å²) in [7, 11) is 0. The highest BCUT2D eigenvalue weighted by Gasteiger charge is 2.57. The number of carbonyl (C=O) groups excluding carboxylic acids is 2. The second kappa shape index (κ2) is 8.12. The van der Waals surface area contributed by atoms with E-state index in [0.29, 0.717) is 29.9 Å². The van der Waals surface area contributed by atoms with Gasteiger partial charge in [-0.2, -0.15) is 0 Å². The van der Waals surface area contributed by atoms with Crippen LogP contribution in [0, 0.1) is 23.7 Å². The number of piperidine rings is 1. The molecule has 1 heterocycles. The summed E-state index contributed by atoms with van der Waals surface area (Å²) in [6.45, 7) is 2.08. The van der Waals surface area contributed by atoms with E-state index in [1.54, 1.807) is 0 Å². The minimum Gasteiger partial charge on any atom is -0.375 e. The Hall–Kier alpha value is -2.66. The Labute approximate surface area is 183 Å². The predicted octanol–water partition coefficient (Wildman–Crippen LogP) is 3.20. The van der Waals surface area contributed by atoms with Gasteiger partial charge in [0.15, 0.2) is 5.60 Å². The van der Waals surface area contributed by atoms with Crippen molar-refractivity contribution in [2.45, 2.75) is 31.3 Å². The van der Waals surface area contributed by atoms with Gasteiger partial charge < -0.3 is 15.3 Å². The number of amides is 2. The molecule has 3 unspecified atom stereocenters. The second-order valence-electron chi connectivity index (χ2n) is 9.39. The fraction of sp³-hybridized carbons (Fsp3) is 0.462. The Morgan fingerprint density at radius 2 is 1.52 bits per heavy atom. The molecule has 1 aliphatic heterocycles. The van der Waals surface area contributed by atoms with Crippen LogP contribution < -0.4 is 5.32 Å². The van der Waals surface area contributed by atoms with Crippen LogP contribution in [0.4, 0.5) is 0 Å². The van der Waals surface area contributed by atoms with Crippen LogP contribution in [0.3, 0.4) is 0 Å². The van der Waals surface area contributed by atoms with Gasteiger partial charge in [-0.1, -0.05) is 61.4 Å². The maximum atomic E-state index is 13.2. The quantitative estimate of drug-likeness (QED) is 0.757. The van der Waals surface area contributed by atoms with Crippen LogP contribution in [0.15, 0.2) is 60.7 Å². The summed E-state index contributed by atoms with van der Waals surface area (Å²) < 4.78 is 0. The molecule has 1 saturated heterocycles. The van der Waals surface area contributed by atoms with Gasteiger partial charge in [0, 0.05) is 31.1 Å². The third-order valence-electron chi connectivity index (χ3n) is 7.68. The number of nitrogens with one attached hydrogen (secondary N) is 1. The van der Waals surface area contributed by atoms with Gasteiger partial charge in [0.2, 0.25) is 0 Å². The number of fused-ring (bicyclic) bond motifs is 1. The molecule has 0 radical (unpaired) electrons. The fourth-order valence-corrected chi connectivity index (χ4v) is 5.81. The van der Waals surface area contributed by atoms with Gasteiger partial charge in [-0.15, -0.1) is 0 Å². The molecule has 31 heavy (non-hydrogen) atoms. The zero-order valence-electron chi connectivity index (χ0n) is 17.7. The first kappa shape index (κ1) is 20.3. The van der Waals surface area contributed by atoms with E-state index in [2.05, 4.69) is 5.32 Å². The van der Waals surface area contributed by atoms with E-state index < -0.39 is 5.60 Å². The highest BCUT2D eigenvalue weighted by atomic mass is 16.3. The summed E-state index contributed by atoms with van der Waals surface area (Å²) in [6.07, 6.45) is 3.88. The minimum atomic E-state index is -1.46. The standard InChI is InChI=1S/C26H30N2O3/c29-24(18-9-3-1-4-10-18)28-16-22-21(23(22)17-28)15-27-25(30)26(31,20-13-7-8-14-20)19-11-5-2-6-12-19/h1-6,9-12,20-23,31H,7-8,13-17H2,(H,27,30). The van der Waals surface area contributed by atoms with Crippen molar-refractivity contribution in [3.8, 4) is 0 Å². The van der Waals surface area contributed by atoms with Crippen molar-refractivity contribution in [3.05, 3.63) is 71.8 Å². The molecule has 2 N–H and O–H groups in total. The highest BCUT2D eigenvalue weighted by Crippen LogP contribution is 2.51. The lowest BCUT2D eigenvalue weighted by Crippen LogP contribution is -2.49. The van der Waals surface area contributed by atoms with Gasteiger partial charge in [0.05, 0.1) is 0 Å². The first-order chi connectivity index (χ1) is 15.1. The largest absolute Gasteiger partial charge is 0.375 e. The van der Waals surface area contributed by atoms with Crippen LogP contribution in [0.25, 0.3) is 0 Å². The summed E-state index contributed by atoms with van der Waals surface area (Å²) >= 11 is 0. The zero-order chi connectivity index (χ0) is 21.4. The molecule has 5 nitrogen and oxygen atoms in total. The smallest absolute Gasteiger partial charge is 0.256 e. The molecule has 0 bridgehead atoms. The minimum absolute atomic E-state index is 0.0346. The Bertz CT molecular complexity index is 930. The van der Waals surface area contributed by atoms with E-state index in [9.17, 15) is 14.7 Å². The number of hydrogen-bond donors (Lipinski definition) is 2. The van der Waals surface area contributed by atoms with Crippen molar-refractivity contribution in [1.29, 1.82) is 0 Å². The molecule has 3 atom stereocenters. The van der Waals surface area contributed by atoms with E-state index in [1.807, 2.05) is 65.6 Å². The summed E-state index contributed by atoms with van der Waals surface area (Å²) in [5.74, 6) is 1.08. The van der Waals surface area contributed by atoms with Gasteiger partial charge in [-0.25, -0.2) is 0 Å². The van der Waals surface area contributed by atoms with Crippen molar-refractivity contribution in [2.24, 2.45) is 23.7 Å². The summed E-state index contributed by atoms with van der Waals surface area (Å²) in [5.41, 5.74) is -0.0370. The average molecular weight is 419 g/mol. The molecule has 5 rings (SSSR count). The van der Waals surface area contributed by atoms with Crippen molar-refractivity contribution < 1.29 is 14.7 Å². The molecule has 2 saturated carbocycles. The van der Waals surface area contributed by atoms with Crippen molar-refractivity contribution in [3.63, 3.8) is 0 Å². The van der Waals surface area contributed by atoms with Gasteiger partial charge in [0.25, 0.3) is 11.8 Å². The average Bonchev–Trinajstić information content (AvgIpc) is 3.22. The molecule has 2 aromatic rings. The van der Waals surface area contributed by atoms with E-state index >= 15 is 0 Å². The molecule has 5 heteroatoms. The van der Waals surface area contributed by atoms with Gasteiger partial charge in [0.1, 0.15) is 0 Å². The molecular weight excluding hydrogens is 388 g/mol. The van der Waals surface area contributed by atoms with Crippen LogP contribution in [0.5, 0.6) is 0 Å². The fourth-order valence-electron chi connectivity index (χ4n) is 5.81. The topological polar surface area (TPSA) is 69.6 Å². The predicted molar refractivity (Wildman–Crippen MR) is 118 cm³/mol. The number of aliphatic hydroxyl groups is 1. The van der Waals surface area contributed by atoms with Crippen molar-refractivity contribution >= 4 is 11.8 Å². The molecule has 3 aliphatic rings. The van der Waals surface area contributed by atoms with E-state index in [4.69, 9.17) is 0 Å². The van der Waals surface area contributed by atoms with Crippen LogP contribution in [-0.4, -0.2) is 41.5 Å². The molecule has 0 spiro atoms. The summed E-state index contributed by atoms with van der Waals surface area (Å²) in [4.78, 5) is 27.8. The lowest BCUT2D eigenvalue weighted by molar-refractivity contribution is -0.147. The molecule has 162 valence electrons. The Morgan fingerprint density at radius 3 is 2.13 bits per heavy atom. The van der Waals surface area contributed by atoms with Crippen LogP contribution in [0.2, 0.25) is 0 Å². The first-order valence-corrected chi connectivity index (χ1v) is 11.5. The summed E-state index contributed by atoms with van der Waals surface area (Å²) in [6, 6.07) is 18.8. The third kappa shape index (κ3) is 3.65. The van der Waals surface area contributed by atoms with Gasteiger partial charge in [-0.3, -0.25) is 9.59 Å². The third-order valence-corrected chi connectivity index (χ3v) is 7.68. The van der Waals surface area contributed by atoms with Crippen molar-refractivity contribution in [2.75, 3.05) is 19.6 Å². The van der Waals surface area contributed by atoms with Gasteiger partial charge in [-0.05, 0) is 48.3 Å². The zero-order valence-corrected chi connectivity index (χ0v) is 17.7. The SMILES string of the molecule is O=C(c1ccccc1)N1CC2C(CNC(=O)C(O)(c3ccccc3)C3CCCC3)C2C1. The highest BCUT2D eigenvalue weighted by molar-refractivity contribution is 5.94. The Balaban J connectivity index is 1.19. The van der Waals surface area contributed by atoms with Gasteiger partial charge >= 0.3 is 0 Å². The lowest BCUT2D eigenvalue weighted by Gasteiger charge is -2.33. The number of nitrogens with zero attached hydrogens (tertiary/aromatic N) is 1.